The van der Waals surface area contributed by atoms with Crippen molar-refractivity contribution >= 4 is 23.4 Å². The van der Waals surface area contributed by atoms with Gasteiger partial charge >= 0.3 is 0 Å². The summed E-state index contributed by atoms with van der Waals surface area (Å²) in [5.74, 6) is -0.707. The SMILES string of the molecule is CCOCCOc1ccc(C2CC(=O)NC(c3cc(CNC(=O)C(C)C)ccc3Cl)N2)cc1F. The fourth-order valence-electron chi connectivity index (χ4n) is 3.61. The van der Waals surface area contributed by atoms with Crippen LogP contribution in [-0.2, 0) is 20.9 Å². The molecule has 0 saturated carbocycles. The molecule has 2 aromatic rings. The molecule has 7 nitrogen and oxygen atoms in total. The first-order valence-corrected chi connectivity index (χ1v) is 11.8. The van der Waals surface area contributed by atoms with E-state index in [-0.39, 0.29) is 36.5 Å². The van der Waals surface area contributed by atoms with E-state index in [9.17, 15) is 14.0 Å². The molecule has 0 aromatic heterocycles. The summed E-state index contributed by atoms with van der Waals surface area (Å²) in [6.45, 7) is 7.08. The highest BCUT2D eigenvalue weighted by Gasteiger charge is 2.29. The van der Waals surface area contributed by atoms with Gasteiger partial charge in [-0.1, -0.05) is 37.6 Å². The van der Waals surface area contributed by atoms with Crippen LogP contribution >= 0.6 is 11.6 Å². The van der Waals surface area contributed by atoms with Gasteiger partial charge in [-0.25, -0.2) is 4.39 Å². The van der Waals surface area contributed by atoms with E-state index in [0.717, 1.165) is 5.56 Å². The lowest BCUT2D eigenvalue weighted by Crippen LogP contribution is -2.46. The van der Waals surface area contributed by atoms with Crippen molar-refractivity contribution in [2.45, 2.75) is 45.9 Å². The van der Waals surface area contributed by atoms with Crippen LogP contribution in [0.15, 0.2) is 36.4 Å². The standard InChI is InChI=1S/C25H31ClFN3O4/c1-4-33-9-10-34-22-8-6-17(12-20(22)27)21-13-23(31)30-24(29-21)18-11-16(5-7-19(18)26)14-28-25(32)15(2)3/h5-8,11-12,15,21,24,29H,4,9-10,13-14H2,1-3H3,(H,28,32)(H,30,31). The largest absolute Gasteiger partial charge is 0.488 e. The molecule has 3 N–H and O–H groups in total. The van der Waals surface area contributed by atoms with E-state index in [1.165, 1.54) is 6.07 Å². The van der Waals surface area contributed by atoms with Crippen LogP contribution in [0.5, 0.6) is 5.75 Å². The van der Waals surface area contributed by atoms with Gasteiger partial charge in [0.1, 0.15) is 12.8 Å². The quantitative estimate of drug-likeness (QED) is 0.437. The molecule has 9 heteroatoms. The average Bonchev–Trinajstić information content (AvgIpc) is 2.81. The molecule has 2 amide bonds. The number of benzene rings is 2. The highest BCUT2D eigenvalue weighted by molar-refractivity contribution is 6.31. The van der Waals surface area contributed by atoms with Crippen molar-refractivity contribution in [2.75, 3.05) is 19.8 Å². The van der Waals surface area contributed by atoms with Crippen molar-refractivity contribution in [1.82, 2.24) is 16.0 Å². The van der Waals surface area contributed by atoms with Gasteiger partial charge in [0.05, 0.1) is 6.61 Å². The highest BCUT2D eigenvalue weighted by Crippen LogP contribution is 2.31. The molecular weight excluding hydrogens is 461 g/mol. The minimum Gasteiger partial charge on any atom is -0.488 e. The van der Waals surface area contributed by atoms with E-state index in [2.05, 4.69) is 16.0 Å². The average molecular weight is 492 g/mol. The third-order valence-corrected chi connectivity index (χ3v) is 5.82. The van der Waals surface area contributed by atoms with Crippen LogP contribution in [0.3, 0.4) is 0 Å². The number of halogens is 2. The number of hydrogen-bond donors (Lipinski definition) is 3. The Morgan fingerprint density at radius 1 is 1.24 bits per heavy atom. The molecule has 34 heavy (non-hydrogen) atoms. The molecular formula is C25H31ClFN3O4. The van der Waals surface area contributed by atoms with Crippen LogP contribution in [-0.4, -0.2) is 31.6 Å². The minimum atomic E-state index is -0.565. The zero-order valence-corrected chi connectivity index (χ0v) is 20.4. The molecule has 2 unspecified atom stereocenters. The van der Waals surface area contributed by atoms with E-state index in [0.29, 0.717) is 35.9 Å². The monoisotopic (exact) mass is 491 g/mol. The molecule has 1 heterocycles. The van der Waals surface area contributed by atoms with E-state index in [4.69, 9.17) is 21.1 Å². The second-order valence-electron chi connectivity index (χ2n) is 8.39. The lowest BCUT2D eigenvalue weighted by Gasteiger charge is -2.33. The van der Waals surface area contributed by atoms with Gasteiger partial charge in [0, 0.05) is 42.1 Å². The van der Waals surface area contributed by atoms with Crippen LogP contribution in [0.1, 0.15) is 56.1 Å². The fourth-order valence-corrected chi connectivity index (χ4v) is 3.84. The van der Waals surface area contributed by atoms with Crippen molar-refractivity contribution in [3.63, 3.8) is 0 Å². The Kier molecular flexibility index (Phi) is 9.27. The van der Waals surface area contributed by atoms with Crippen LogP contribution in [0, 0.1) is 11.7 Å². The number of rotatable bonds is 10. The Morgan fingerprint density at radius 2 is 2.03 bits per heavy atom. The van der Waals surface area contributed by atoms with E-state index >= 15 is 0 Å². The predicted octanol–water partition coefficient (Wildman–Crippen LogP) is 4.02. The van der Waals surface area contributed by atoms with Crippen molar-refractivity contribution in [3.05, 3.63) is 63.9 Å². The number of carbonyl (C=O) groups excluding carboxylic acids is 2. The molecule has 2 aromatic carbocycles. The van der Waals surface area contributed by atoms with Crippen LogP contribution in [0.4, 0.5) is 4.39 Å². The molecule has 1 saturated heterocycles. The van der Waals surface area contributed by atoms with Gasteiger partial charge in [-0.2, -0.15) is 0 Å². The summed E-state index contributed by atoms with van der Waals surface area (Å²) < 4.78 is 25.2. The van der Waals surface area contributed by atoms with Crippen LogP contribution < -0.4 is 20.7 Å². The number of ether oxygens (including phenoxy) is 2. The Morgan fingerprint density at radius 3 is 2.74 bits per heavy atom. The van der Waals surface area contributed by atoms with Crippen LogP contribution in [0.2, 0.25) is 5.02 Å². The summed E-state index contributed by atoms with van der Waals surface area (Å²) in [6, 6.07) is 9.68. The fraction of sp³-hybridized carbons (Fsp3) is 0.440. The summed E-state index contributed by atoms with van der Waals surface area (Å²) in [5, 5.41) is 9.59. The lowest BCUT2D eigenvalue weighted by molar-refractivity contribution is -0.125. The normalized spacial score (nSPS) is 18.0. The zero-order chi connectivity index (χ0) is 24.7. The van der Waals surface area contributed by atoms with Gasteiger partial charge in [0.2, 0.25) is 11.8 Å². The molecule has 0 radical (unpaired) electrons. The van der Waals surface area contributed by atoms with Crippen molar-refractivity contribution < 1.29 is 23.5 Å². The smallest absolute Gasteiger partial charge is 0.223 e. The summed E-state index contributed by atoms with van der Waals surface area (Å²) in [4.78, 5) is 24.4. The minimum absolute atomic E-state index is 0.0481. The molecule has 1 aliphatic heterocycles. The predicted molar refractivity (Wildman–Crippen MR) is 128 cm³/mol. The number of nitrogens with one attached hydrogen (secondary N) is 3. The summed E-state index contributed by atoms with van der Waals surface area (Å²) in [5.41, 5.74) is 2.16. The van der Waals surface area contributed by atoms with Crippen molar-refractivity contribution in [3.8, 4) is 5.75 Å². The molecule has 1 aliphatic rings. The van der Waals surface area contributed by atoms with Gasteiger partial charge in [0.15, 0.2) is 11.6 Å². The van der Waals surface area contributed by atoms with E-state index in [1.54, 1.807) is 18.2 Å². The summed E-state index contributed by atoms with van der Waals surface area (Å²) in [7, 11) is 0. The first-order chi connectivity index (χ1) is 16.3. The molecule has 0 bridgehead atoms. The summed E-state index contributed by atoms with van der Waals surface area (Å²) >= 11 is 6.44. The highest BCUT2D eigenvalue weighted by atomic mass is 35.5. The topological polar surface area (TPSA) is 88.7 Å². The Hall–Kier alpha value is -2.68. The van der Waals surface area contributed by atoms with Gasteiger partial charge in [-0.15, -0.1) is 0 Å². The maximum absolute atomic E-state index is 14.6. The lowest BCUT2D eigenvalue weighted by atomic mass is 9.98. The van der Waals surface area contributed by atoms with E-state index in [1.807, 2.05) is 32.9 Å². The van der Waals surface area contributed by atoms with Gasteiger partial charge in [-0.05, 0) is 42.3 Å². The van der Waals surface area contributed by atoms with Gasteiger partial charge in [0.25, 0.3) is 0 Å². The molecule has 184 valence electrons. The number of carbonyl (C=O) groups is 2. The first kappa shape index (κ1) is 25.9. The van der Waals surface area contributed by atoms with Crippen LogP contribution in [0.25, 0.3) is 0 Å². The molecule has 0 spiro atoms. The molecule has 2 atom stereocenters. The zero-order valence-electron chi connectivity index (χ0n) is 19.6. The maximum Gasteiger partial charge on any atom is 0.223 e. The van der Waals surface area contributed by atoms with Crippen molar-refractivity contribution in [2.24, 2.45) is 5.92 Å². The van der Waals surface area contributed by atoms with Crippen molar-refractivity contribution in [1.29, 1.82) is 0 Å². The molecule has 1 fully saturated rings. The van der Waals surface area contributed by atoms with E-state index < -0.39 is 18.0 Å². The third-order valence-electron chi connectivity index (χ3n) is 5.47. The second-order valence-corrected chi connectivity index (χ2v) is 8.79. The second kappa shape index (κ2) is 12.1. The third kappa shape index (κ3) is 6.91. The number of amides is 2. The number of hydrogen-bond acceptors (Lipinski definition) is 5. The summed E-state index contributed by atoms with van der Waals surface area (Å²) in [6.07, 6.45) is -0.410. The van der Waals surface area contributed by atoms with Gasteiger partial charge in [-0.3, -0.25) is 14.9 Å². The van der Waals surface area contributed by atoms with Gasteiger partial charge < -0.3 is 20.1 Å². The Bertz CT molecular complexity index is 1020. The Labute approximate surface area is 204 Å². The molecule has 0 aliphatic carbocycles. The molecule has 3 rings (SSSR count). The first-order valence-electron chi connectivity index (χ1n) is 11.4. The maximum atomic E-state index is 14.6. The Balaban J connectivity index is 1.72.